The van der Waals surface area contributed by atoms with Gasteiger partial charge in [-0.1, -0.05) is 61.5 Å². The van der Waals surface area contributed by atoms with Gasteiger partial charge in [-0.15, -0.1) is 11.3 Å². The molecule has 6 rings (SSSR count). The highest BCUT2D eigenvalue weighted by Crippen LogP contribution is 2.41. The molecule has 1 saturated carbocycles. The summed E-state index contributed by atoms with van der Waals surface area (Å²) in [7, 11) is 0. The van der Waals surface area contributed by atoms with E-state index in [2.05, 4.69) is 27.7 Å². The topological polar surface area (TPSA) is 180 Å². The number of ether oxygens (including phenoxy) is 3. The fourth-order valence-corrected chi connectivity index (χ4v) is 8.23. The van der Waals surface area contributed by atoms with Crippen molar-refractivity contribution in [3.05, 3.63) is 75.8 Å². The summed E-state index contributed by atoms with van der Waals surface area (Å²) < 4.78 is 16.6. The van der Waals surface area contributed by atoms with E-state index in [4.69, 9.17) is 35.8 Å². The van der Waals surface area contributed by atoms with Crippen molar-refractivity contribution in [2.24, 2.45) is 5.92 Å². The second-order valence-electron chi connectivity index (χ2n) is 14.7. The molecule has 3 heterocycles. The smallest absolute Gasteiger partial charge is 0.408 e. The van der Waals surface area contributed by atoms with Crippen molar-refractivity contribution < 1.29 is 28.6 Å². The number of pyridine rings is 1. The first-order valence-electron chi connectivity index (χ1n) is 19.1. The van der Waals surface area contributed by atoms with Gasteiger partial charge < -0.3 is 29.7 Å². The van der Waals surface area contributed by atoms with E-state index in [1.54, 1.807) is 24.3 Å². The Bertz CT molecular complexity index is 2190. The number of esters is 1. The Hall–Kier alpha value is -5.35. The van der Waals surface area contributed by atoms with Gasteiger partial charge >= 0.3 is 12.1 Å². The lowest BCUT2D eigenvalue weighted by molar-refractivity contribution is -0.149. The van der Waals surface area contributed by atoms with Crippen LogP contribution in [0.3, 0.4) is 0 Å². The lowest BCUT2D eigenvalue weighted by Gasteiger charge is -2.22. The van der Waals surface area contributed by atoms with Crippen molar-refractivity contribution >= 4 is 58.5 Å². The third-order valence-electron chi connectivity index (χ3n) is 9.53. The molecule has 0 unspecified atom stereocenters. The average Bonchev–Trinajstić information content (AvgIpc) is 3.55. The molecule has 0 bridgehead atoms. The Kier molecular flexibility index (Phi) is 14.1. The van der Waals surface area contributed by atoms with Crippen LogP contribution in [0.25, 0.3) is 21.7 Å². The van der Waals surface area contributed by atoms with Crippen molar-refractivity contribution in [1.29, 1.82) is 10.5 Å². The second kappa shape index (κ2) is 19.4. The Morgan fingerprint density at radius 1 is 0.983 bits per heavy atom. The average molecular weight is 842 g/mol. The van der Waals surface area contributed by atoms with Gasteiger partial charge in [0.25, 0.3) is 0 Å². The molecule has 2 amide bonds. The summed E-state index contributed by atoms with van der Waals surface area (Å²) in [6.07, 6.45) is 3.20. The maximum atomic E-state index is 13.0. The van der Waals surface area contributed by atoms with Crippen molar-refractivity contribution in [1.82, 2.24) is 20.6 Å². The van der Waals surface area contributed by atoms with Gasteiger partial charge in [-0.05, 0) is 74.8 Å². The predicted molar refractivity (Wildman–Crippen MR) is 223 cm³/mol. The number of halogens is 1. The molecule has 0 radical (unpaired) electrons. The Labute approximate surface area is 351 Å². The molecule has 13 nitrogen and oxygen atoms in total. The van der Waals surface area contributed by atoms with Gasteiger partial charge in [0.1, 0.15) is 70.7 Å². The van der Waals surface area contributed by atoms with Crippen LogP contribution in [0.1, 0.15) is 69.7 Å². The van der Waals surface area contributed by atoms with E-state index in [0.717, 1.165) is 55.0 Å². The van der Waals surface area contributed by atoms with Gasteiger partial charge in [-0.2, -0.15) is 10.5 Å². The number of carbonyl (C=O) groups excluding carboxylic acids is 3. The van der Waals surface area contributed by atoms with E-state index < -0.39 is 29.6 Å². The summed E-state index contributed by atoms with van der Waals surface area (Å²) in [6.45, 7) is 6.83. The standard InChI is InChI=1S/C42H44ClN7O6S2/c1-26(2)20-34(48-35(51)23-46-41(53)56-42(3)14-15-42)40(52)55-19-18-54-31-12-8-27(9-13-31)36-32(21-44)37(50-16-4-5-17-50)49-39(33(36)22-45)58-25-30-24-57-38(47-30)28-6-10-29(43)11-7-28/h6-13,24,26,34H,4-5,14-20,23,25H2,1-3H3,(H,46,53)(H,48,51)/t34-/m0/s1. The highest BCUT2D eigenvalue weighted by Gasteiger charge is 2.41. The molecule has 16 heteroatoms. The van der Waals surface area contributed by atoms with Crippen molar-refractivity contribution in [2.75, 3.05) is 37.7 Å². The van der Waals surface area contributed by atoms with Crippen LogP contribution in [-0.2, 0) is 24.8 Å². The number of aromatic nitrogens is 2. The van der Waals surface area contributed by atoms with Crippen LogP contribution < -0.4 is 20.3 Å². The molecule has 1 aliphatic heterocycles. The summed E-state index contributed by atoms with van der Waals surface area (Å²) >= 11 is 9.02. The molecule has 0 spiro atoms. The number of anilines is 1. The van der Waals surface area contributed by atoms with Crippen LogP contribution in [0.15, 0.2) is 58.9 Å². The maximum absolute atomic E-state index is 13.0. The number of thiazole rings is 1. The Balaban J connectivity index is 1.10. The summed E-state index contributed by atoms with van der Waals surface area (Å²) in [5.41, 5.74) is 3.17. The molecule has 1 atom stereocenters. The minimum atomic E-state index is -0.906. The number of nitrogens with zero attached hydrogens (tertiary/aromatic N) is 5. The molecule has 1 saturated heterocycles. The third kappa shape index (κ3) is 11.2. The summed E-state index contributed by atoms with van der Waals surface area (Å²) in [6, 6.07) is 18.4. The Morgan fingerprint density at radius 2 is 1.67 bits per heavy atom. The van der Waals surface area contributed by atoms with Gasteiger partial charge in [0.15, 0.2) is 0 Å². The number of hydrogen-bond acceptors (Lipinski definition) is 13. The normalized spacial score (nSPS) is 14.6. The first-order chi connectivity index (χ1) is 27.9. The fraction of sp³-hybridized carbons (Fsp3) is 0.405. The highest BCUT2D eigenvalue weighted by molar-refractivity contribution is 7.98. The molecule has 2 aliphatic rings. The van der Waals surface area contributed by atoms with Gasteiger partial charge in [0, 0.05) is 40.4 Å². The molecular weight excluding hydrogens is 798 g/mol. The van der Waals surface area contributed by atoms with Gasteiger partial charge in [-0.25, -0.2) is 19.6 Å². The van der Waals surface area contributed by atoms with Gasteiger partial charge in [0.2, 0.25) is 5.91 Å². The molecular formula is C42H44ClN7O6S2. The van der Waals surface area contributed by atoms with Crippen molar-refractivity contribution in [2.45, 2.75) is 75.3 Å². The lowest BCUT2D eigenvalue weighted by atomic mass is 9.96. The molecule has 58 heavy (non-hydrogen) atoms. The molecule has 2 aromatic carbocycles. The third-order valence-corrected chi connectivity index (χ3v) is 11.7. The number of carbonyl (C=O) groups is 3. The van der Waals surface area contributed by atoms with Crippen LogP contribution in [0.2, 0.25) is 5.02 Å². The maximum Gasteiger partial charge on any atom is 0.408 e. The number of alkyl carbamates (subject to hydrolysis) is 1. The van der Waals surface area contributed by atoms with Gasteiger partial charge in [0.05, 0.1) is 11.3 Å². The predicted octanol–water partition coefficient (Wildman–Crippen LogP) is 7.89. The fourth-order valence-electron chi connectivity index (χ4n) is 6.29. The van der Waals surface area contributed by atoms with Crippen molar-refractivity contribution in [3.8, 4) is 39.6 Å². The van der Waals surface area contributed by atoms with E-state index in [-0.39, 0.29) is 25.7 Å². The quantitative estimate of drug-likeness (QED) is 0.0597. The second-order valence-corrected chi connectivity index (χ2v) is 17.0. The van der Waals surface area contributed by atoms with Crippen LogP contribution in [0, 0.1) is 28.6 Å². The van der Waals surface area contributed by atoms with Crippen LogP contribution in [-0.4, -0.2) is 72.4 Å². The molecule has 302 valence electrons. The van der Waals surface area contributed by atoms with Crippen molar-refractivity contribution in [3.63, 3.8) is 0 Å². The van der Waals surface area contributed by atoms with E-state index in [1.165, 1.54) is 23.1 Å². The largest absolute Gasteiger partial charge is 0.490 e. The first-order valence-corrected chi connectivity index (χ1v) is 21.3. The minimum absolute atomic E-state index is 0.0397. The number of amides is 2. The number of nitriles is 2. The zero-order valence-corrected chi connectivity index (χ0v) is 34.9. The monoisotopic (exact) mass is 841 g/mol. The lowest BCUT2D eigenvalue weighted by Crippen LogP contribution is -2.47. The Morgan fingerprint density at radius 3 is 2.33 bits per heavy atom. The number of rotatable bonds is 17. The van der Waals surface area contributed by atoms with Gasteiger partial charge in [-0.3, -0.25) is 4.79 Å². The molecule has 2 aromatic heterocycles. The zero-order chi connectivity index (χ0) is 41.2. The molecule has 4 aromatic rings. The van der Waals surface area contributed by atoms with E-state index in [0.29, 0.717) is 56.0 Å². The van der Waals surface area contributed by atoms with Crippen LogP contribution >= 0.6 is 34.7 Å². The molecule has 1 aliphatic carbocycles. The SMILES string of the molecule is CC(C)C[C@H](NC(=O)CNC(=O)OC1(C)CC1)C(=O)OCCOc1ccc(-c2c(C#N)c(SCc3csc(-c4ccc(Cl)cc4)n3)nc(N3CCCC3)c2C#N)cc1. The van der Waals surface area contributed by atoms with E-state index >= 15 is 0 Å². The zero-order valence-electron chi connectivity index (χ0n) is 32.5. The highest BCUT2D eigenvalue weighted by atomic mass is 35.5. The van der Waals surface area contributed by atoms with E-state index in [9.17, 15) is 24.9 Å². The first kappa shape index (κ1) is 42.3. The summed E-state index contributed by atoms with van der Waals surface area (Å²) in [5, 5.41) is 30.1. The number of hydrogen-bond donors (Lipinski definition) is 2. The van der Waals surface area contributed by atoms with E-state index in [1.807, 2.05) is 50.4 Å². The van der Waals surface area contributed by atoms with Crippen LogP contribution in [0.4, 0.5) is 10.6 Å². The number of thioether (sulfide) groups is 1. The summed E-state index contributed by atoms with van der Waals surface area (Å²) in [4.78, 5) is 49.3. The number of nitrogens with one attached hydrogen (secondary N) is 2. The van der Waals surface area contributed by atoms with Crippen LogP contribution in [0.5, 0.6) is 5.75 Å². The molecule has 2 fully saturated rings. The minimum Gasteiger partial charge on any atom is -0.490 e. The molecule has 2 N–H and O–H groups in total. The summed E-state index contributed by atoms with van der Waals surface area (Å²) in [5.74, 6) is 0.464. The number of benzene rings is 2.